The highest BCUT2D eigenvalue weighted by Gasteiger charge is 2.43. The molecular formula is C53H67FN6O5S. The summed E-state index contributed by atoms with van der Waals surface area (Å²) in [6.07, 6.45) is 9.99. The average molecular weight is 919 g/mol. The number of carbonyl (C=O) groups excluding carboxylic acids is 3. The molecule has 1 aliphatic heterocycles. The van der Waals surface area contributed by atoms with Crippen molar-refractivity contribution in [3.63, 3.8) is 0 Å². The Labute approximate surface area is 393 Å². The maximum atomic E-state index is 14.0. The number of benzene rings is 3. The van der Waals surface area contributed by atoms with E-state index in [-0.39, 0.29) is 42.4 Å². The molecule has 1 aliphatic carbocycles. The second-order valence-corrected chi connectivity index (χ2v) is 20.3. The number of hydrogen-bond acceptors (Lipinski definition) is 9. The molecule has 1 saturated heterocycles. The Bertz CT molecular complexity index is 2390. The largest absolute Gasteiger partial charge is 0.494 e. The van der Waals surface area contributed by atoms with Crippen molar-refractivity contribution in [1.82, 2.24) is 25.5 Å². The predicted molar refractivity (Wildman–Crippen MR) is 261 cm³/mol. The Kier molecular flexibility index (Phi) is 16.6. The van der Waals surface area contributed by atoms with Crippen molar-refractivity contribution in [1.29, 1.82) is 0 Å². The number of pyridine rings is 1. The van der Waals surface area contributed by atoms with Gasteiger partial charge in [0.25, 0.3) is 0 Å². The summed E-state index contributed by atoms with van der Waals surface area (Å²) in [4.78, 5) is 52.2. The van der Waals surface area contributed by atoms with Gasteiger partial charge >= 0.3 is 0 Å². The van der Waals surface area contributed by atoms with Crippen molar-refractivity contribution in [2.45, 2.75) is 129 Å². The summed E-state index contributed by atoms with van der Waals surface area (Å²) in [6, 6.07) is 21.2. The number of ether oxygens (including phenoxy) is 1. The molecule has 2 fully saturated rings. The first-order valence-corrected chi connectivity index (χ1v) is 24.7. The summed E-state index contributed by atoms with van der Waals surface area (Å²) in [5.41, 5.74) is 7.19. The van der Waals surface area contributed by atoms with Gasteiger partial charge < -0.3 is 30.7 Å². The summed E-state index contributed by atoms with van der Waals surface area (Å²) in [6.45, 7) is 11.8. The molecule has 7 rings (SSSR count). The smallest absolute Gasteiger partial charge is 0.243 e. The minimum Gasteiger partial charge on any atom is -0.494 e. The highest BCUT2D eigenvalue weighted by atomic mass is 32.1. The van der Waals surface area contributed by atoms with Crippen molar-refractivity contribution >= 4 is 45.6 Å². The number of aromatic nitrogens is 2. The number of rotatable bonds is 19. The SMILES string of the molecule is Cc1ncsc1-c1ccc(CNC(=O)[C@@H]2C[C@@H](O)CN2C(=O)[C@@H](NCCCCCCCOc2ccc(NC(=O)[C@H](C)C3CCC(c4ccnc5ccc(F)cc45)CC3)cc2)C(C)(C)C)cc1. The molecule has 352 valence electrons. The summed E-state index contributed by atoms with van der Waals surface area (Å²) in [7, 11) is 0. The molecular weight excluding hydrogens is 852 g/mol. The number of aliphatic hydroxyl groups is 1. The van der Waals surface area contributed by atoms with Crippen LogP contribution in [0.5, 0.6) is 5.75 Å². The number of halogens is 1. The van der Waals surface area contributed by atoms with E-state index in [0.29, 0.717) is 31.5 Å². The minimum atomic E-state index is -0.753. The number of nitrogens with zero attached hydrogens (tertiary/aromatic N) is 3. The quantitative estimate of drug-likeness (QED) is 0.0600. The van der Waals surface area contributed by atoms with E-state index in [0.717, 1.165) is 107 Å². The van der Waals surface area contributed by atoms with Crippen LogP contribution in [0.1, 0.15) is 115 Å². The number of carbonyl (C=O) groups is 3. The number of hydrogen-bond donors (Lipinski definition) is 4. The Hall–Kier alpha value is -5.24. The van der Waals surface area contributed by atoms with Crippen LogP contribution in [0.3, 0.4) is 0 Å². The number of likely N-dealkylation sites (tertiary alicyclic amines) is 1. The molecule has 0 spiro atoms. The first kappa shape index (κ1) is 48.7. The first-order chi connectivity index (χ1) is 31.7. The highest BCUT2D eigenvalue weighted by molar-refractivity contribution is 7.13. The molecule has 5 aromatic rings. The Balaban J connectivity index is 0.768. The fourth-order valence-corrected chi connectivity index (χ4v) is 10.4. The van der Waals surface area contributed by atoms with Crippen LogP contribution in [0.15, 0.2) is 84.5 Å². The zero-order valence-corrected chi connectivity index (χ0v) is 40.0. The predicted octanol–water partition coefficient (Wildman–Crippen LogP) is 9.97. The van der Waals surface area contributed by atoms with Gasteiger partial charge in [0.1, 0.15) is 17.6 Å². The van der Waals surface area contributed by atoms with Gasteiger partial charge in [-0.2, -0.15) is 0 Å². The van der Waals surface area contributed by atoms with Crippen LogP contribution in [-0.4, -0.2) is 75.6 Å². The third-order valence-corrected chi connectivity index (χ3v) is 14.5. The number of nitrogens with one attached hydrogen (secondary N) is 3. The van der Waals surface area contributed by atoms with Crippen LogP contribution in [0.4, 0.5) is 10.1 Å². The van der Waals surface area contributed by atoms with Gasteiger partial charge in [-0.25, -0.2) is 9.37 Å². The van der Waals surface area contributed by atoms with Crippen LogP contribution in [0.2, 0.25) is 0 Å². The molecule has 4 N–H and O–H groups in total. The molecule has 0 unspecified atom stereocenters. The molecule has 3 amide bonds. The standard InChI is InChI=1S/C53H67FN6O5S/c1-34(37-15-17-38(18-16-37)44-25-27-55-46-24-19-40(54)29-45(44)46)50(62)59-41-20-22-43(23-21-41)65-28-10-8-6-7-9-26-56-49(53(3,4)5)52(64)60-32-42(61)30-47(60)51(63)57-31-36-11-13-39(14-12-36)48-35(2)58-33-66-48/h11-14,19-25,27,29,33-34,37-38,42,47,49,56,61H,6-10,15-18,26,28,30-32H2,1-5H3,(H,57,63)(H,59,62)/t34-,37?,38?,42-,47+,49-/m1/s1. The summed E-state index contributed by atoms with van der Waals surface area (Å²) in [5.74, 6) is 0.638. The monoisotopic (exact) mass is 918 g/mol. The number of anilines is 1. The van der Waals surface area contributed by atoms with Crippen molar-refractivity contribution in [2.75, 3.05) is 25.0 Å². The number of aliphatic hydroxyl groups excluding tert-OH is 1. The molecule has 11 nitrogen and oxygen atoms in total. The maximum absolute atomic E-state index is 14.0. The molecule has 4 atom stereocenters. The van der Waals surface area contributed by atoms with Gasteiger partial charge in [0.2, 0.25) is 17.7 Å². The lowest BCUT2D eigenvalue weighted by Crippen LogP contribution is -2.56. The van der Waals surface area contributed by atoms with E-state index in [1.54, 1.807) is 28.4 Å². The van der Waals surface area contributed by atoms with E-state index in [1.165, 1.54) is 6.07 Å². The van der Waals surface area contributed by atoms with Crippen LogP contribution in [0.25, 0.3) is 21.3 Å². The van der Waals surface area contributed by atoms with Gasteiger partial charge in [-0.3, -0.25) is 19.4 Å². The van der Waals surface area contributed by atoms with Crippen LogP contribution in [-0.2, 0) is 20.9 Å². The molecule has 0 radical (unpaired) electrons. The third-order valence-electron chi connectivity index (χ3n) is 13.5. The molecule has 2 aromatic heterocycles. The molecule has 3 heterocycles. The van der Waals surface area contributed by atoms with E-state index < -0.39 is 23.6 Å². The lowest BCUT2D eigenvalue weighted by atomic mass is 9.73. The average Bonchev–Trinajstić information content (AvgIpc) is 3.93. The fraction of sp³-hybridized carbons (Fsp3) is 0.491. The van der Waals surface area contributed by atoms with E-state index in [9.17, 15) is 23.9 Å². The minimum absolute atomic E-state index is 0.0243. The fourth-order valence-electron chi connectivity index (χ4n) is 9.62. The van der Waals surface area contributed by atoms with E-state index >= 15 is 0 Å². The van der Waals surface area contributed by atoms with Crippen LogP contribution in [0, 0.1) is 30.0 Å². The zero-order chi connectivity index (χ0) is 46.8. The van der Waals surface area contributed by atoms with Gasteiger partial charge in [0.05, 0.1) is 40.4 Å². The number of unbranched alkanes of at least 4 members (excludes halogenated alkanes) is 4. The highest BCUT2D eigenvalue weighted by Crippen LogP contribution is 2.41. The van der Waals surface area contributed by atoms with E-state index in [4.69, 9.17) is 4.74 Å². The molecule has 13 heteroatoms. The number of aryl methyl sites for hydroxylation is 1. The second kappa shape index (κ2) is 22.5. The van der Waals surface area contributed by atoms with Crippen molar-refractivity contribution in [2.24, 2.45) is 17.3 Å². The van der Waals surface area contributed by atoms with E-state index in [1.807, 2.05) is 101 Å². The number of amides is 3. The summed E-state index contributed by atoms with van der Waals surface area (Å²) in [5, 5.41) is 21.1. The van der Waals surface area contributed by atoms with Gasteiger partial charge in [-0.05, 0) is 134 Å². The van der Waals surface area contributed by atoms with Crippen molar-refractivity contribution in [3.8, 4) is 16.2 Å². The normalized spacial score (nSPS) is 19.7. The zero-order valence-electron chi connectivity index (χ0n) is 39.2. The maximum Gasteiger partial charge on any atom is 0.243 e. The van der Waals surface area contributed by atoms with Crippen molar-refractivity contribution in [3.05, 3.63) is 107 Å². The topological polar surface area (TPSA) is 146 Å². The van der Waals surface area contributed by atoms with Crippen molar-refractivity contribution < 1.29 is 28.6 Å². The Morgan fingerprint density at radius 3 is 2.36 bits per heavy atom. The van der Waals surface area contributed by atoms with Crippen LogP contribution >= 0.6 is 11.3 Å². The van der Waals surface area contributed by atoms with Gasteiger partial charge in [0.15, 0.2) is 0 Å². The third kappa shape index (κ3) is 12.6. The number of thiazole rings is 1. The van der Waals surface area contributed by atoms with Gasteiger partial charge in [-0.15, -0.1) is 11.3 Å². The lowest BCUT2D eigenvalue weighted by Gasteiger charge is -2.35. The Morgan fingerprint density at radius 2 is 1.65 bits per heavy atom. The first-order valence-electron chi connectivity index (χ1n) is 23.8. The van der Waals surface area contributed by atoms with E-state index in [2.05, 4.69) is 25.9 Å². The summed E-state index contributed by atoms with van der Waals surface area (Å²) < 4.78 is 20.1. The molecule has 2 aliphatic rings. The number of β-amino-alcohol motifs (C(OH)–C–C–N with tert-alkyl or cyclic N) is 1. The summed E-state index contributed by atoms with van der Waals surface area (Å²) >= 11 is 1.60. The number of fused-ring (bicyclic) bond motifs is 1. The molecule has 3 aromatic carbocycles. The van der Waals surface area contributed by atoms with Crippen LogP contribution < -0.4 is 20.7 Å². The Morgan fingerprint density at radius 1 is 0.924 bits per heavy atom. The van der Waals surface area contributed by atoms with Gasteiger partial charge in [-0.1, -0.05) is 71.2 Å². The van der Waals surface area contributed by atoms with Gasteiger partial charge in [0, 0.05) is 42.7 Å². The molecule has 0 bridgehead atoms. The molecule has 1 saturated carbocycles. The lowest BCUT2D eigenvalue weighted by molar-refractivity contribution is -0.142. The second-order valence-electron chi connectivity index (χ2n) is 19.4. The molecule has 66 heavy (non-hydrogen) atoms.